The molecule has 0 saturated heterocycles. The van der Waals surface area contributed by atoms with Gasteiger partial charge in [-0.15, -0.1) is 10.2 Å². The lowest BCUT2D eigenvalue weighted by Crippen LogP contribution is -1.86. The van der Waals surface area contributed by atoms with E-state index in [9.17, 15) is 0 Å². The molecular weight excluding hydrogens is 220 g/mol. The second kappa shape index (κ2) is 3.50. The van der Waals surface area contributed by atoms with E-state index in [1.165, 1.54) is 10.9 Å². The summed E-state index contributed by atoms with van der Waals surface area (Å²) < 4.78 is 0. The third kappa shape index (κ3) is 1.23. The fourth-order valence-corrected chi connectivity index (χ4v) is 2.34. The lowest BCUT2D eigenvalue weighted by molar-refractivity contribution is 1.15. The van der Waals surface area contributed by atoms with E-state index >= 15 is 0 Å². The molecule has 2 heteroatoms. The number of azo groups is 1. The van der Waals surface area contributed by atoms with Crippen molar-refractivity contribution in [1.29, 1.82) is 0 Å². The third-order valence-corrected chi connectivity index (χ3v) is 3.23. The summed E-state index contributed by atoms with van der Waals surface area (Å²) >= 11 is 0. The lowest BCUT2D eigenvalue weighted by Gasteiger charge is -2.14. The van der Waals surface area contributed by atoms with Crippen LogP contribution in [0.3, 0.4) is 0 Å². The highest BCUT2D eigenvalue weighted by Gasteiger charge is 2.17. The first-order chi connectivity index (χ1) is 8.93. The maximum absolute atomic E-state index is 4.09. The Hall–Kier alpha value is -2.48. The van der Waals surface area contributed by atoms with E-state index in [1.807, 2.05) is 30.3 Å². The summed E-state index contributed by atoms with van der Waals surface area (Å²) in [6, 6.07) is 21.9. The molecular formula is C16H9N2. The van der Waals surface area contributed by atoms with Crippen LogP contribution in [0.4, 0.5) is 11.4 Å². The second-order valence-electron chi connectivity index (χ2n) is 4.31. The predicted molar refractivity (Wildman–Crippen MR) is 72.4 cm³/mol. The van der Waals surface area contributed by atoms with E-state index in [2.05, 4.69) is 40.6 Å². The summed E-state index contributed by atoms with van der Waals surface area (Å²) in [5.41, 5.74) is 4.10. The van der Waals surface area contributed by atoms with Crippen molar-refractivity contribution in [2.24, 2.45) is 10.2 Å². The van der Waals surface area contributed by atoms with Gasteiger partial charge in [-0.3, -0.25) is 0 Å². The van der Waals surface area contributed by atoms with E-state index in [0.717, 1.165) is 22.3 Å². The van der Waals surface area contributed by atoms with Gasteiger partial charge in [0.15, 0.2) is 0 Å². The van der Waals surface area contributed by atoms with Gasteiger partial charge < -0.3 is 0 Å². The summed E-state index contributed by atoms with van der Waals surface area (Å²) in [5.74, 6) is 0. The van der Waals surface area contributed by atoms with Gasteiger partial charge >= 0.3 is 0 Å². The molecule has 1 aliphatic heterocycles. The SMILES string of the molecule is [c]1c2c(c3ccccc3c1-c1ccccc1)N=N2. The molecule has 1 heterocycles. The lowest BCUT2D eigenvalue weighted by atomic mass is 9.95. The summed E-state index contributed by atoms with van der Waals surface area (Å²) in [6.07, 6.45) is 0. The molecule has 1 aliphatic rings. The van der Waals surface area contributed by atoms with Crippen LogP contribution in [-0.4, -0.2) is 0 Å². The molecule has 0 aromatic heterocycles. The largest absolute Gasteiger partial charge is 0.147 e. The van der Waals surface area contributed by atoms with Crippen molar-refractivity contribution in [2.45, 2.75) is 0 Å². The molecule has 0 atom stereocenters. The smallest absolute Gasteiger partial charge is 0.122 e. The fourth-order valence-electron chi connectivity index (χ4n) is 2.34. The molecule has 18 heavy (non-hydrogen) atoms. The zero-order valence-electron chi connectivity index (χ0n) is 9.59. The van der Waals surface area contributed by atoms with E-state index in [1.54, 1.807) is 0 Å². The number of nitrogens with zero attached hydrogens (tertiary/aromatic N) is 2. The highest BCUT2D eigenvalue weighted by atomic mass is 15.2. The van der Waals surface area contributed by atoms with Gasteiger partial charge in [-0.1, -0.05) is 54.6 Å². The predicted octanol–water partition coefficient (Wildman–Crippen LogP) is 5.04. The molecule has 1 radical (unpaired) electrons. The Balaban J connectivity index is 2.11. The van der Waals surface area contributed by atoms with Crippen LogP contribution in [0.15, 0.2) is 64.8 Å². The van der Waals surface area contributed by atoms with Gasteiger partial charge in [-0.2, -0.15) is 0 Å². The molecule has 0 amide bonds. The summed E-state index contributed by atoms with van der Waals surface area (Å²) in [7, 11) is 0. The normalized spacial score (nSPS) is 12.2. The highest BCUT2D eigenvalue weighted by Crippen LogP contribution is 2.46. The van der Waals surface area contributed by atoms with Gasteiger partial charge in [0.2, 0.25) is 0 Å². The number of fused-ring (bicyclic) bond motifs is 3. The average molecular weight is 229 g/mol. The molecule has 2 nitrogen and oxygen atoms in total. The van der Waals surface area contributed by atoms with Crippen LogP contribution in [-0.2, 0) is 0 Å². The molecule has 3 aromatic rings. The molecule has 4 rings (SSSR count). The molecule has 0 N–H and O–H groups in total. The molecule has 0 spiro atoms. The molecule has 3 aromatic carbocycles. The summed E-state index contributed by atoms with van der Waals surface area (Å²) in [5, 5.41) is 10.5. The Morgan fingerprint density at radius 2 is 1.44 bits per heavy atom. The van der Waals surface area contributed by atoms with Gasteiger partial charge in [0.05, 0.1) is 0 Å². The van der Waals surface area contributed by atoms with Crippen LogP contribution in [0.1, 0.15) is 0 Å². The molecule has 0 unspecified atom stereocenters. The number of rotatable bonds is 1. The maximum atomic E-state index is 4.09. The quantitative estimate of drug-likeness (QED) is 0.437. The second-order valence-corrected chi connectivity index (χ2v) is 4.31. The molecule has 0 fully saturated rings. The van der Waals surface area contributed by atoms with Crippen LogP contribution in [0.5, 0.6) is 0 Å². The van der Waals surface area contributed by atoms with Crippen molar-refractivity contribution in [3.63, 3.8) is 0 Å². The van der Waals surface area contributed by atoms with E-state index in [0.29, 0.717) is 0 Å². The first-order valence-corrected chi connectivity index (χ1v) is 5.89. The highest BCUT2D eigenvalue weighted by molar-refractivity contribution is 6.07. The van der Waals surface area contributed by atoms with Crippen molar-refractivity contribution in [3.8, 4) is 11.1 Å². The van der Waals surface area contributed by atoms with Crippen molar-refractivity contribution >= 4 is 22.1 Å². The summed E-state index contributed by atoms with van der Waals surface area (Å²) in [4.78, 5) is 0. The Kier molecular flexibility index (Phi) is 1.86. The first-order valence-electron chi connectivity index (χ1n) is 5.89. The molecule has 0 saturated carbocycles. The van der Waals surface area contributed by atoms with Crippen LogP contribution in [0, 0.1) is 6.07 Å². The van der Waals surface area contributed by atoms with Crippen molar-refractivity contribution in [1.82, 2.24) is 0 Å². The number of hydrogen-bond acceptors (Lipinski definition) is 2. The van der Waals surface area contributed by atoms with Crippen molar-refractivity contribution in [3.05, 3.63) is 60.7 Å². The maximum Gasteiger partial charge on any atom is 0.122 e. The standard InChI is InChI=1S/C16H9N2/c1-2-6-11(7-3-1)14-10-15-16(18-17-15)13-9-5-4-8-12(13)14/h1-9H. The van der Waals surface area contributed by atoms with Crippen LogP contribution in [0.2, 0.25) is 0 Å². The summed E-state index contributed by atoms with van der Waals surface area (Å²) in [6.45, 7) is 0. The van der Waals surface area contributed by atoms with E-state index < -0.39 is 0 Å². The Labute approximate surface area is 105 Å². The van der Waals surface area contributed by atoms with Gasteiger partial charge in [-0.25, -0.2) is 0 Å². The molecule has 0 aliphatic carbocycles. The van der Waals surface area contributed by atoms with Gasteiger partial charge in [0.1, 0.15) is 11.4 Å². The topological polar surface area (TPSA) is 24.7 Å². The minimum Gasteiger partial charge on any atom is -0.147 e. The first kappa shape index (κ1) is 9.54. The third-order valence-electron chi connectivity index (χ3n) is 3.23. The minimum absolute atomic E-state index is 0.868. The van der Waals surface area contributed by atoms with Gasteiger partial charge in [-0.05, 0) is 16.5 Å². The van der Waals surface area contributed by atoms with Crippen molar-refractivity contribution in [2.75, 3.05) is 0 Å². The minimum atomic E-state index is 0.868. The van der Waals surface area contributed by atoms with Gasteiger partial charge in [0.25, 0.3) is 0 Å². The Morgan fingerprint density at radius 3 is 2.17 bits per heavy atom. The van der Waals surface area contributed by atoms with Crippen LogP contribution < -0.4 is 0 Å². The monoisotopic (exact) mass is 229 g/mol. The van der Waals surface area contributed by atoms with Crippen LogP contribution >= 0.6 is 0 Å². The Bertz CT molecular complexity index is 774. The zero-order chi connectivity index (χ0) is 11.9. The van der Waals surface area contributed by atoms with Crippen molar-refractivity contribution < 1.29 is 0 Å². The van der Waals surface area contributed by atoms with E-state index in [4.69, 9.17) is 0 Å². The molecule has 0 bridgehead atoms. The Morgan fingerprint density at radius 1 is 0.722 bits per heavy atom. The fraction of sp³-hybridized carbons (Fsp3) is 0. The molecule has 83 valence electrons. The zero-order valence-corrected chi connectivity index (χ0v) is 9.59. The van der Waals surface area contributed by atoms with E-state index in [-0.39, 0.29) is 0 Å². The number of benzene rings is 3. The number of hydrogen-bond donors (Lipinski definition) is 0. The van der Waals surface area contributed by atoms with Crippen LogP contribution in [0.25, 0.3) is 21.9 Å². The van der Waals surface area contributed by atoms with Gasteiger partial charge in [0, 0.05) is 11.5 Å². The average Bonchev–Trinajstić information content (AvgIpc) is 2.40.